The van der Waals surface area contributed by atoms with E-state index >= 15 is 0 Å². The lowest BCUT2D eigenvalue weighted by Gasteiger charge is -2.42. The normalized spacial score (nSPS) is 20.2. The largest absolute Gasteiger partial charge is 0.461 e. The summed E-state index contributed by atoms with van der Waals surface area (Å²) in [6.45, 7) is 9.04. The van der Waals surface area contributed by atoms with Gasteiger partial charge in [0.15, 0.2) is 6.29 Å². The molecule has 0 bridgehead atoms. The lowest BCUT2D eigenvalue weighted by Crippen LogP contribution is -2.35. The van der Waals surface area contributed by atoms with Crippen LogP contribution in [0.3, 0.4) is 0 Å². The first-order valence-corrected chi connectivity index (χ1v) is 9.11. The van der Waals surface area contributed by atoms with Crippen molar-refractivity contribution in [3.63, 3.8) is 0 Å². The molecule has 1 aliphatic rings. The fourth-order valence-corrected chi connectivity index (χ4v) is 3.82. The molecule has 1 atom stereocenters. The van der Waals surface area contributed by atoms with Crippen molar-refractivity contribution >= 4 is 17.9 Å². The van der Waals surface area contributed by atoms with Crippen LogP contribution in [0.15, 0.2) is 48.5 Å². The molecule has 3 heteroatoms. The molecule has 0 radical (unpaired) electrons. The maximum absolute atomic E-state index is 11.8. The SMILES string of the molecule is CC1(C)CCC(C)(C)c2cc(C(Cl)(C=O)Oc3ccccc3)ccc21. The van der Waals surface area contributed by atoms with E-state index in [0.717, 1.165) is 12.8 Å². The van der Waals surface area contributed by atoms with Gasteiger partial charge in [-0.05, 0) is 53.0 Å². The van der Waals surface area contributed by atoms with Crippen LogP contribution >= 0.6 is 11.6 Å². The lowest BCUT2D eigenvalue weighted by molar-refractivity contribution is -0.116. The highest BCUT2D eigenvalue weighted by Gasteiger charge is 2.39. The summed E-state index contributed by atoms with van der Waals surface area (Å²) < 4.78 is 5.85. The Kier molecular flexibility index (Phi) is 4.45. The highest BCUT2D eigenvalue weighted by molar-refractivity contribution is 6.30. The highest BCUT2D eigenvalue weighted by atomic mass is 35.5. The van der Waals surface area contributed by atoms with Gasteiger partial charge >= 0.3 is 0 Å². The minimum atomic E-state index is -1.52. The van der Waals surface area contributed by atoms with Crippen molar-refractivity contribution in [2.45, 2.75) is 56.4 Å². The molecule has 1 aliphatic carbocycles. The number of ether oxygens (including phenoxy) is 1. The van der Waals surface area contributed by atoms with Crippen molar-refractivity contribution < 1.29 is 9.53 Å². The summed E-state index contributed by atoms with van der Waals surface area (Å²) in [7, 11) is 0. The summed E-state index contributed by atoms with van der Waals surface area (Å²) in [5.41, 5.74) is 3.44. The molecular formula is C22H25ClO2. The van der Waals surface area contributed by atoms with Gasteiger partial charge in [0.1, 0.15) is 5.75 Å². The van der Waals surface area contributed by atoms with Crippen LogP contribution in [0.25, 0.3) is 0 Å². The van der Waals surface area contributed by atoms with Crippen LogP contribution < -0.4 is 4.74 Å². The van der Waals surface area contributed by atoms with Gasteiger partial charge in [-0.15, -0.1) is 0 Å². The van der Waals surface area contributed by atoms with Gasteiger partial charge in [-0.3, -0.25) is 4.79 Å². The second-order valence-corrected chi connectivity index (χ2v) is 8.77. The molecule has 3 rings (SSSR count). The number of alkyl halides is 1. The maximum atomic E-state index is 11.8. The van der Waals surface area contributed by atoms with Crippen molar-refractivity contribution in [2.75, 3.05) is 0 Å². The molecule has 0 spiro atoms. The van der Waals surface area contributed by atoms with Crippen LogP contribution in [0.2, 0.25) is 0 Å². The topological polar surface area (TPSA) is 26.3 Å². The van der Waals surface area contributed by atoms with Crippen molar-refractivity contribution in [3.8, 4) is 5.75 Å². The summed E-state index contributed by atoms with van der Waals surface area (Å²) >= 11 is 6.60. The zero-order valence-electron chi connectivity index (χ0n) is 15.3. The molecule has 2 nitrogen and oxygen atoms in total. The number of carbonyl (C=O) groups is 1. The second kappa shape index (κ2) is 6.17. The first-order chi connectivity index (χ1) is 11.7. The summed E-state index contributed by atoms with van der Waals surface area (Å²) in [5.74, 6) is 0.571. The van der Waals surface area contributed by atoms with E-state index < -0.39 is 5.06 Å². The summed E-state index contributed by atoms with van der Waals surface area (Å²) in [6, 6.07) is 15.3. The van der Waals surface area contributed by atoms with Crippen LogP contribution in [0.1, 0.15) is 57.2 Å². The minimum Gasteiger partial charge on any atom is -0.461 e. The molecule has 2 aromatic carbocycles. The van der Waals surface area contributed by atoms with Crippen molar-refractivity contribution in [2.24, 2.45) is 0 Å². The Morgan fingerprint density at radius 2 is 1.56 bits per heavy atom. The van der Waals surface area contributed by atoms with E-state index in [1.165, 1.54) is 11.1 Å². The minimum absolute atomic E-state index is 0.0499. The average molecular weight is 357 g/mol. The van der Waals surface area contributed by atoms with Crippen LogP contribution in [0, 0.1) is 0 Å². The van der Waals surface area contributed by atoms with Crippen molar-refractivity contribution in [3.05, 3.63) is 65.2 Å². The Hall–Kier alpha value is -1.80. The molecule has 0 aromatic heterocycles. The first kappa shape index (κ1) is 18.0. The first-order valence-electron chi connectivity index (χ1n) is 8.73. The van der Waals surface area contributed by atoms with E-state index in [4.69, 9.17) is 16.3 Å². The number of rotatable bonds is 4. The molecule has 1 unspecified atom stereocenters. The Labute approximate surface area is 155 Å². The number of carbonyl (C=O) groups excluding carboxylic acids is 1. The zero-order valence-corrected chi connectivity index (χ0v) is 16.1. The smallest absolute Gasteiger partial charge is 0.263 e. The zero-order chi connectivity index (χ0) is 18.3. The Morgan fingerprint density at radius 1 is 0.960 bits per heavy atom. The van der Waals surface area contributed by atoms with Crippen LogP contribution in [-0.2, 0) is 20.7 Å². The number of hydrogen-bond donors (Lipinski definition) is 0. The molecule has 0 saturated heterocycles. The Morgan fingerprint density at radius 3 is 2.16 bits per heavy atom. The number of hydrogen-bond acceptors (Lipinski definition) is 2. The van der Waals surface area contributed by atoms with Gasteiger partial charge in [0.05, 0.1) is 0 Å². The number of halogens is 1. The molecular weight excluding hydrogens is 332 g/mol. The van der Waals surface area contributed by atoms with E-state index in [0.29, 0.717) is 17.6 Å². The third kappa shape index (κ3) is 3.32. The van der Waals surface area contributed by atoms with Gasteiger partial charge in [-0.2, -0.15) is 0 Å². The molecule has 132 valence electrons. The van der Waals surface area contributed by atoms with Crippen LogP contribution in [0.4, 0.5) is 0 Å². The van der Waals surface area contributed by atoms with Crippen molar-refractivity contribution in [1.29, 1.82) is 0 Å². The van der Waals surface area contributed by atoms with Crippen LogP contribution in [-0.4, -0.2) is 6.29 Å². The summed E-state index contributed by atoms with van der Waals surface area (Å²) in [4.78, 5) is 11.8. The van der Waals surface area contributed by atoms with Crippen LogP contribution in [0.5, 0.6) is 5.75 Å². The summed E-state index contributed by atoms with van der Waals surface area (Å²) in [5, 5.41) is -1.52. The molecule has 0 fully saturated rings. The fraction of sp³-hybridized carbons (Fsp3) is 0.409. The predicted molar refractivity (Wildman–Crippen MR) is 102 cm³/mol. The number of para-hydroxylation sites is 1. The predicted octanol–water partition coefficient (Wildman–Crippen LogP) is 5.71. The Bertz CT molecular complexity index is 780. The van der Waals surface area contributed by atoms with Gasteiger partial charge < -0.3 is 4.74 Å². The monoisotopic (exact) mass is 356 g/mol. The van der Waals surface area contributed by atoms with Gasteiger partial charge in [0.25, 0.3) is 5.06 Å². The van der Waals surface area contributed by atoms with E-state index in [2.05, 4.69) is 39.8 Å². The lowest BCUT2D eigenvalue weighted by atomic mass is 9.63. The number of fused-ring (bicyclic) bond motifs is 1. The molecule has 0 amide bonds. The van der Waals surface area contributed by atoms with E-state index in [-0.39, 0.29) is 10.8 Å². The second-order valence-electron chi connectivity index (χ2n) is 8.21. The fourth-order valence-electron chi connectivity index (χ4n) is 3.61. The summed E-state index contributed by atoms with van der Waals surface area (Å²) in [6.07, 6.45) is 2.92. The van der Waals surface area contributed by atoms with Crippen molar-refractivity contribution in [1.82, 2.24) is 0 Å². The number of aldehydes is 1. The Balaban J connectivity index is 2.06. The average Bonchev–Trinajstić information content (AvgIpc) is 2.59. The maximum Gasteiger partial charge on any atom is 0.263 e. The van der Waals surface area contributed by atoms with Gasteiger partial charge in [0, 0.05) is 5.56 Å². The highest BCUT2D eigenvalue weighted by Crippen LogP contribution is 2.47. The molecule has 0 heterocycles. The van der Waals surface area contributed by atoms with Gasteiger partial charge in [-0.1, -0.05) is 69.6 Å². The van der Waals surface area contributed by atoms with E-state index in [1.807, 2.05) is 24.3 Å². The molecule has 2 aromatic rings. The third-order valence-electron chi connectivity index (χ3n) is 5.41. The van der Waals surface area contributed by atoms with Gasteiger partial charge in [-0.25, -0.2) is 0 Å². The molecule has 0 aliphatic heterocycles. The van der Waals surface area contributed by atoms with E-state index in [9.17, 15) is 4.79 Å². The molecule has 0 N–H and O–H groups in total. The molecule has 25 heavy (non-hydrogen) atoms. The number of benzene rings is 2. The standard InChI is InChI=1S/C22H25ClO2/c1-20(2)12-13-21(3,4)19-14-16(10-11-18(19)20)22(23,15-24)25-17-8-6-5-7-9-17/h5-11,14-15H,12-13H2,1-4H3. The van der Waals surface area contributed by atoms with Gasteiger partial charge in [0.2, 0.25) is 0 Å². The quantitative estimate of drug-likeness (QED) is 0.518. The molecule has 0 saturated carbocycles. The van der Waals surface area contributed by atoms with E-state index in [1.54, 1.807) is 12.1 Å². The third-order valence-corrected chi connectivity index (χ3v) is 5.79.